The summed E-state index contributed by atoms with van der Waals surface area (Å²) >= 11 is 6.34. The van der Waals surface area contributed by atoms with Crippen LogP contribution in [0.3, 0.4) is 0 Å². The van der Waals surface area contributed by atoms with E-state index in [1.165, 1.54) is 32.1 Å². The average molecular weight is 284 g/mol. The zero-order chi connectivity index (χ0) is 13.8. The topological polar surface area (TPSA) is 29.9 Å². The molecule has 0 spiro atoms. The molecule has 3 nitrogen and oxygen atoms in total. The molecule has 0 aliphatic heterocycles. The number of halogens is 1. The molecule has 1 saturated carbocycles. The van der Waals surface area contributed by atoms with Crippen molar-refractivity contribution in [3.63, 3.8) is 0 Å². The molecule has 0 saturated heterocycles. The molecular weight excluding hydrogens is 258 g/mol. The Balaban J connectivity index is 2.20. The summed E-state index contributed by atoms with van der Waals surface area (Å²) in [4.78, 5) is 0. The van der Waals surface area contributed by atoms with E-state index in [2.05, 4.69) is 24.3 Å². The van der Waals surface area contributed by atoms with E-state index in [0.29, 0.717) is 12.0 Å². The van der Waals surface area contributed by atoms with Crippen molar-refractivity contribution in [3.8, 4) is 0 Å². The second-order valence-corrected chi connectivity index (χ2v) is 6.14. The van der Waals surface area contributed by atoms with Gasteiger partial charge in [0.1, 0.15) is 0 Å². The zero-order valence-corrected chi connectivity index (χ0v) is 13.1. The average Bonchev–Trinajstić information content (AvgIpc) is 2.76. The lowest BCUT2D eigenvalue weighted by molar-refractivity contribution is 0.205. The van der Waals surface area contributed by atoms with Crippen LogP contribution in [0.15, 0.2) is 6.20 Å². The fourth-order valence-electron chi connectivity index (χ4n) is 3.48. The summed E-state index contributed by atoms with van der Waals surface area (Å²) in [5, 5.41) is 8.73. The van der Waals surface area contributed by atoms with Crippen molar-refractivity contribution in [3.05, 3.63) is 16.9 Å². The largest absolute Gasteiger partial charge is 0.309 e. The summed E-state index contributed by atoms with van der Waals surface area (Å²) in [6.45, 7) is 5.45. The van der Waals surface area contributed by atoms with Gasteiger partial charge in [-0.15, -0.1) is 0 Å². The molecule has 0 bridgehead atoms. The van der Waals surface area contributed by atoms with E-state index in [-0.39, 0.29) is 0 Å². The molecule has 1 fully saturated rings. The number of nitrogens with zero attached hydrogens (tertiary/aromatic N) is 2. The molecule has 19 heavy (non-hydrogen) atoms. The normalized spacial score (nSPS) is 25.5. The molecule has 1 aliphatic carbocycles. The molecule has 0 aromatic carbocycles. The Morgan fingerprint density at radius 3 is 2.84 bits per heavy atom. The van der Waals surface area contributed by atoms with Gasteiger partial charge < -0.3 is 5.32 Å². The summed E-state index contributed by atoms with van der Waals surface area (Å²) < 4.78 is 1.94. The minimum absolute atomic E-state index is 0.347. The highest BCUT2D eigenvalue weighted by molar-refractivity contribution is 6.31. The van der Waals surface area contributed by atoms with Crippen molar-refractivity contribution in [1.29, 1.82) is 0 Å². The number of nitrogens with one attached hydrogen (secondary N) is 1. The molecule has 1 aromatic rings. The fourth-order valence-corrected chi connectivity index (χ4v) is 3.77. The smallest absolute Gasteiger partial charge is 0.0834 e. The van der Waals surface area contributed by atoms with E-state index in [0.717, 1.165) is 23.2 Å². The first kappa shape index (κ1) is 14.9. The summed E-state index contributed by atoms with van der Waals surface area (Å²) in [6.07, 6.45) is 8.42. The van der Waals surface area contributed by atoms with E-state index in [1.807, 2.05) is 11.7 Å². The molecule has 1 N–H and O–H groups in total. The van der Waals surface area contributed by atoms with Crippen LogP contribution in [0.4, 0.5) is 0 Å². The van der Waals surface area contributed by atoms with Crippen LogP contribution >= 0.6 is 11.6 Å². The summed E-state index contributed by atoms with van der Waals surface area (Å²) in [5.74, 6) is 1.57. The predicted octanol–water partition coefficient (Wildman–Crippen LogP) is 3.94. The molecule has 1 heterocycles. The van der Waals surface area contributed by atoms with Crippen molar-refractivity contribution >= 4 is 11.6 Å². The van der Waals surface area contributed by atoms with Crippen molar-refractivity contribution in [2.45, 2.75) is 52.0 Å². The SMILES string of the molecule is CCNC(c1c(Cl)cnn1C)C1CCCC(CC)C1. The highest BCUT2D eigenvalue weighted by atomic mass is 35.5. The highest BCUT2D eigenvalue weighted by Crippen LogP contribution is 2.39. The molecular formula is C15H26ClN3. The van der Waals surface area contributed by atoms with Gasteiger partial charge in [0, 0.05) is 7.05 Å². The Hall–Kier alpha value is -0.540. The third-order valence-corrected chi connectivity index (χ3v) is 4.82. The Morgan fingerprint density at radius 1 is 1.47 bits per heavy atom. The van der Waals surface area contributed by atoms with Crippen LogP contribution in [0, 0.1) is 11.8 Å². The Bertz CT molecular complexity index is 383. The summed E-state index contributed by atoms with van der Waals surface area (Å²) in [5.41, 5.74) is 1.16. The van der Waals surface area contributed by atoms with Gasteiger partial charge in [-0.25, -0.2) is 0 Å². The lowest BCUT2D eigenvalue weighted by atomic mass is 9.76. The standard InChI is InChI=1S/C15H26ClN3/c1-4-11-7-6-8-12(9-11)14(17-5-2)15-13(16)10-18-19(15)3/h10-12,14,17H,4-9H2,1-3H3. The van der Waals surface area contributed by atoms with E-state index >= 15 is 0 Å². The van der Waals surface area contributed by atoms with Gasteiger partial charge in [-0.3, -0.25) is 4.68 Å². The van der Waals surface area contributed by atoms with Gasteiger partial charge in [0.15, 0.2) is 0 Å². The van der Waals surface area contributed by atoms with E-state index < -0.39 is 0 Å². The number of aromatic nitrogens is 2. The Labute approximate surface area is 121 Å². The van der Waals surface area contributed by atoms with E-state index in [9.17, 15) is 0 Å². The number of rotatable bonds is 5. The van der Waals surface area contributed by atoms with Crippen molar-refractivity contribution in [1.82, 2.24) is 15.1 Å². The van der Waals surface area contributed by atoms with Crippen LogP contribution in [-0.2, 0) is 7.05 Å². The fraction of sp³-hybridized carbons (Fsp3) is 0.800. The first-order valence-electron chi connectivity index (χ1n) is 7.58. The third-order valence-electron chi connectivity index (χ3n) is 4.53. The van der Waals surface area contributed by atoms with Gasteiger partial charge in [0.2, 0.25) is 0 Å². The highest BCUT2D eigenvalue weighted by Gasteiger charge is 2.31. The molecule has 3 atom stereocenters. The Morgan fingerprint density at radius 2 is 2.26 bits per heavy atom. The number of hydrogen-bond acceptors (Lipinski definition) is 2. The monoisotopic (exact) mass is 283 g/mol. The van der Waals surface area contributed by atoms with E-state index in [1.54, 1.807) is 6.20 Å². The molecule has 4 heteroatoms. The second-order valence-electron chi connectivity index (χ2n) is 5.74. The first-order chi connectivity index (χ1) is 9.17. The zero-order valence-electron chi connectivity index (χ0n) is 12.3. The lowest BCUT2D eigenvalue weighted by Crippen LogP contribution is -2.33. The quantitative estimate of drug-likeness (QED) is 0.887. The van der Waals surface area contributed by atoms with Gasteiger partial charge in [0.25, 0.3) is 0 Å². The van der Waals surface area contributed by atoms with Crippen LogP contribution in [-0.4, -0.2) is 16.3 Å². The van der Waals surface area contributed by atoms with Gasteiger partial charge in [-0.2, -0.15) is 5.10 Å². The molecule has 2 rings (SSSR count). The molecule has 0 radical (unpaired) electrons. The van der Waals surface area contributed by atoms with Crippen LogP contribution in [0.1, 0.15) is 57.7 Å². The van der Waals surface area contributed by atoms with E-state index in [4.69, 9.17) is 11.6 Å². The van der Waals surface area contributed by atoms with Crippen LogP contribution in [0.25, 0.3) is 0 Å². The van der Waals surface area contributed by atoms with Crippen LogP contribution < -0.4 is 5.32 Å². The predicted molar refractivity (Wildman–Crippen MR) is 80.4 cm³/mol. The number of hydrogen-bond donors (Lipinski definition) is 1. The number of aryl methyl sites for hydroxylation is 1. The minimum Gasteiger partial charge on any atom is -0.309 e. The molecule has 1 aromatic heterocycles. The maximum absolute atomic E-state index is 6.34. The van der Waals surface area contributed by atoms with Crippen LogP contribution in [0.5, 0.6) is 0 Å². The van der Waals surface area contributed by atoms with Crippen molar-refractivity contribution in [2.24, 2.45) is 18.9 Å². The maximum Gasteiger partial charge on any atom is 0.0834 e. The summed E-state index contributed by atoms with van der Waals surface area (Å²) in [7, 11) is 1.99. The third kappa shape index (κ3) is 3.32. The molecule has 108 valence electrons. The Kier molecular flexibility index (Phi) is 5.28. The van der Waals surface area contributed by atoms with Crippen LogP contribution in [0.2, 0.25) is 5.02 Å². The van der Waals surface area contributed by atoms with Crippen molar-refractivity contribution < 1.29 is 0 Å². The van der Waals surface area contributed by atoms with Gasteiger partial charge in [-0.05, 0) is 31.2 Å². The van der Waals surface area contributed by atoms with Crippen molar-refractivity contribution in [2.75, 3.05) is 6.54 Å². The minimum atomic E-state index is 0.347. The maximum atomic E-state index is 6.34. The molecule has 3 unspecified atom stereocenters. The van der Waals surface area contributed by atoms with Gasteiger partial charge in [-0.1, -0.05) is 44.7 Å². The molecule has 1 aliphatic rings. The first-order valence-corrected chi connectivity index (χ1v) is 7.95. The molecule has 0 amide bonds. The lowest BCUT2D eigenvalue weighted by Gasteiger charge is -2.35. The second kappa shape index (κ2) is 6.76. The summed E-state index contributed by atoms with van der Waals surface area (Å²) in [6, 6.07) is 0.347. The van der Waals surface area contributed by atoms with Gasteiger partial charge >= 0.3 is 0 Å². The van der Waals surface area contributed by atoms with Gasteiger partial charge in [0.05, 0.1) is 23.0 Å².